The van der Waals surface area contributed by atoms with Gasteiger partial charge in [0, 0.05) is 19.7 Å². The first kappa shape index (κ1) is 23.7. The quantitative estimate of drug-likeness (QED) is 0.400. The molecule has 0 amide bonds. The molecule has 0 saturated heterocycles. The second-order valence-corrected chi connectivity index (χ2v) is 9.44. The summed E-state index contributed by atoms with van der Waals surface area (Å²) >= 11 is 0. The van der Waals surface area contributed by atoms with Crippen LogP contribution in [0.2, 0.25) is 0 Å². The van der Waals surface area contributed by atoms with E-state index in [4.69, 9.17) is 9.72 Å². The van der Waals surface area contributed by atoms with E-state index in [0.717, 1.165) is 36.2 Å². The molecule has 4 aromatic rings. The molecule has 0 bridgehead atoms. The summed E-state index contributed by atoms with van der Waals surface area (Å²) in [5.74, 6) is -0.403. The average Bonchev–Trinajstić information content (AvgIpc) is 3.47. The van der Waals surface area contributed by atoms with Crippen LogP contribution in [0.4, 0.5) is 0 Å². The third-order valence-corrected chi connectivity index (χ3v) is 6.74. The zero-order chi connectivity index (χ0) is 25.1. The molecule has 0 radical (unpaired) electrons. The predicted octanol–water partition coefficient (Wildman–Crippen LogP) is 4.04. The molecule has 9 nitrogen and oxygen atoms in total. The summed E-state index contributed by atoms with van der Waals surface area (Å²) in [5.41, 5.74) is 5.45. The van der Waals surface area contributed by atoms with Crippen molar-refractivity contribution in [2.75, 3.05) is 0 Å². The van der Waals surface area contributed by atoms with Crippen molar-refractivity contribution in [2.24, 2.45) is 13.0 Å². The van der Waals surface area contributed by atoms with Crippen LogP contribution in [0, 0.1) is 12.8 Å². The smallest absolute Gasteiger partial charge is 0.306 e. The van der Waals surface area contributed by atoms with Gasteiger partial charge < -0.3 is 9.84 Å². The first-order valence-electron chi connectivity index (χ1n) is 12.3. The van der Waals surface area contributed by atoms with Crippen molar-refractivity contribution >= 4 is 5.97 Å². The van der Waals surface area contributed by atoms with Gasteiger partial charge >= 0.3 is 5.97 Å². The topological polar surface area (TPSA) is 108 Å². The molecule has 3 aromatic heterocycles. The number of rotatable bonds is 8. The second-order valence-electron chi connectivity index (χ2n) is 9.44. The molecule has 1 N–H and O–H groups in total. The SMILES string of the molecule is Cc1nc(-c2nnn(C)c2Cn2cc(Cc3ccccc3)cn2)ccc1OC1CCCC(C(=O)O)C1. The Bertz CT molecular complexity index is 1350. The molecule has 9 heteroatoms. The van der Waals surface area contributed by atoms with Gasteiger partial charge in [-0.1, -0.05) is 35.5 Å². The number of hydrogen-bond donors (Lipinski definition) is 1. The average molecular weight is 487 g/mol. The van der Waals surface area contributed by atoms with Crippen molar-refractivity contribution in [3.63, 3.8) is 0 Å². The highest BCUT2D eigenvalue weighted by Crippen LogP contribution is 2.30. The first-order valence-corrected chi connectivity index (χ1v) is 12.3. The van der Waals surface area contributed by atoms with E-state index in [1.54, 1.807) is 4.68 Å². The third-order valence-electron chi connectivity index (χ3n) is 6.74. The maximum Gasteiger partial charge on any atom is 0.306 e. The van der Waals surface area contributed by atoms with E-state index in [-0.39, 0.29) is 12.0 Å². The highest BCUT2D eigenvalue weighted by atomic mass is 16.5. The fraction of sp³-hybridized carbons (Fsp3) is 0.370. The van der Waals surface area contributed by atoms with Crippen LogP contribution in [0.15, 0.2) is 54.9 Å². The molecule has 186 valence electrons. The number of aryl methyl sites for hydroxylation is 2. The van der Waals surface area contributed by atoms with Gasteiger partial charge in [-0.05, 0) is 55.9 Å². The maximum absolute atomic E-state index is 11.4. The van der Waals surface area contributed by atoms with E-state index >= 15 is 0 Å². The molecule has 2 unspecified atom stereocenters. The van der Waals surface area contributed by atoms with Crippen LogP contribution in [0.5, 0.6) is 5.75 Å². The van der Waals surface area contributed by atoms with Gasteiger partial charge in [-0.2, -0.15) is 5.10 Å². The zero-order valence-electron chi connectivity index (χ0n) is 20.5. The fourth-order valence-electron chi connectivity index (χ4n) is 4.78. The summed E-state index contributed by atoms with van der Waals surface area (Å²) in [6.07, 6.45) is 7.62. The van der Waals surface area contributed by atoms with Gasteiger partial charge in [-0.25, -0.2) is 9.67 Å². The van der Waals surface area contributed by atoms with Gasteiger partial charge in [0.15, 0.2) is 0 Å². The highest BCUT2D eigenvalue weighted by molar-refractivity contribution is 5.70. The van der Waals surface area contributed by atoms with Gasteiger partial charge in [0.2, 0.25) is 0 Å². The summed E-state index contributed by atoms with van der Waals surface area (Å²) in [5, 5.41) is 22.5. The molecule has 1 aliphatic carbocycles. The Kier molecular flexibility index (Phi) is 6.79. The summed E-state index contributed by atoms with van der Waals surface area (Å²) in [6, 6.07) is 14.1. The molecule has 1 saturated carbocycles. The normalized spacial score (nSPS) is 17.7. The standard InChI is InChI=1S/C27H30N6O3/c1-18-25(36-22-10-6-9-21(14-22)27(34)35)12-11-23(29-18)26-24(32(2)31-30-26)17-33-16-20(15-28-33)13-19-7-4-3-5-8-19/h3-5,7-8,11-12,15-16,21-22H,6,9-10,13-14,17H2,1-2H3,(H,34,35). The molecule has 1 aromatic carbocycles. The lowest BCUT2D eigenvalue weighted by molar-refractivity contribution is -0.143. The maximum atomic E-state index is 11.4. The number of aliphatic carboxylic acids is 1. The second kappa shape index (κ2) is 10.3. The van der Waals surface area contributed by atoms with E-state index < -0.39 is 5.97 Å². The summed E-state index contributed by atoms with van der Waals surface area (Å²) < 4.78 is 9.81. The van der Waals surface area contributed by atoms with Crippen LogP contribution in [0.25, 0.3) is 11.4 Å². The number of hydrogen-bond acceptors (Lipinski definition) is 6. The number of ether oxygens (including phenoxy) is 1. The summed E-state index contributed by atoms with van der Waals surface area (Å²) in [7, 11) is 1.87. The summed E-state index contributed by atoms with van der Waals surface area (Å²) in [4.78, 5) is 16.1. The molecule has 1 aliphatic rings. The van der Waals surface area contributed by atoms with Crippen LogP contribution in [0.1, 0.15) is 48.2 Å². The highest BCUT2D eigenvalue weighted by Gasteiger charge is 2.28. The Morgan fingerprint density at radius 1 is 1.14 bits per heavy atom. The van der Waals surface area contributed by atoms with Gasteiger partial charge in [0.05, 0.1) is 41.8 Å². The monoisotopic (exact) mass is 486 g/mol. The van der Waals surface area contributed by atoms with Crippen molar-refractivity contribution < 1.29 is 14.6 Å². The van der Waals surface area contributed by atoms with Gasteiger partial charge in [0.25, 0.3) is 0 Å². The van der Waals surface area contributed by atoms with Crippen LogP contribution < -0.4 is 4.74 Å². The van der Waals surface area contributed by atoms with Crippen LogP contribution in [0.3, 0.4) is 0 Å². The van der Waals surface area contributed by atoms with Crippen molar-refractivity contribution in [1.82, 2.24) is 29.8 Å². The molecular weight excluding hydrogens is 456 g/mol. The number of benzene rings is 1. The Labute approximate surface area is 209 Å². The van der Waals surface area contributed by atoms with E-state index in [2.05, 4.69) is 27.5 Å². The molecule has 1 fully saturated rings. The minimum absolute atomic E-state index is 0.108. The number of carboxylic acid groups (broad SMARTS) is 1. The Balaban J connectivity index is 1.30. The van der Waals surface area contributed by atoms with Crippen molar-refractivity contribution in [2.45, 2.75) is 51.7 Å². The van der Waals surface area contributed by atoms with Crippen molar-refractivity contribution in [3.05, 3.63) is 77.4 Å². The molecule has 36 heavy (non-hydrogen) atoms. The molecule has 3 heterocycles. The Morgan fingerprint density at radius 3 is 2.75 bits per heavy atom. The predicted molar refractivity (Wildman–Crippen MR) is 134 cm³/mol. The molecule has 5 rings (SSSR count). The zero-order valence-corrected chi connectivity index (χ0v) is 20.5. The Hall–Kier alpha value is -4.01. The van der Waals surface area contributed by atoms with E-state index in [1.807, 2.05) is 61.4 Å². The molecule has 0 aliphatic heterocycles. The largest absolute Gasteiger partial charge is 0.489 e. The number of pyridine rings is 1. The minimum Gasteiger partial charge on any atom is -0.489 e. The minimum atomic E-state index is -0.743. The van der Waals surface area contributed by atoms with Gasteiger partial charge in [0.1, 0.15) is 11.4 Å². The van der Waals surface area contributed by atoms with E-state index in [9.17, 15) is 9.90 Å². The number of aromatic nitrogens is 6. The van der Waals surface area contributed by atoms with Gasteiger partial charge in [-0.15, -0.1) is 5.10 Å². The van der Waals surface area contributed by atoms with Crippen LogP contribution in [-0.4, -0.2) is 46.9 Å². The van der Waals surface area contributed by atoms with E-state index in [0.29, 0.717) is 36.5 Å². The lowest BCUT2D eigenvalue weighted by atomic mass is 9.87. The Morgan fingerprint density at radius 2 is 1.97 bits per heavy atom. The number of nitrogens with zero attached hydrogens (tertiary/aromatic N) is 6. The number of carbonyl (C=O) groups is 1. The van der Waals surface area contributed by atoms with Gasteiger partial charge in [-0.3, -0.25) is 9.48 Å². The summed E-state index contributed by atoms with van der Waals surface area (Å²) in [6.45, 7) is 2.42. The van der Waals surface area contributed by atoms with Crippen LogP contribution in [-0.2, 0) is 24.8 Å². The van der Waals surface area contributed by atoms with E-state index in [1.165, 1.54) is 5.56 Å². The first-order chi connectivity index (χ1) is 17.5. The van der Waals surface area contributed by atoms with Crippen molar-refractivity contribution in [3.8, 4) is 17.1 Å². The lowest BCUT2D eigenvalue weighted by Gasteiger charge is -2.27. The number of carboxylic acids is 1. The van der Waals surface area contributed by atoms with Crippen molar-refractivity contribution in [1.29, 1.82) is 0 Å². The van der Waals surface area contributed by atoms with Crippen LogP contribution >= 0.6 is 0 Å². The lowest BCUT2D eigenvalue weighted by Crippen LogP contribution is -2.29. The molecule has 0 spiro atoms. The fourth-order valence-corrected chi connectivity index (χ4v) is 4.78. The molecule has 2 atom stereocenters. The molecular formula is C27H30N6O3. The third kappa shape index (κ3) is 5.30.